The zero-order valence-corrected chi connectivity index (χ0v) is 37.6. The average Bonchev–Trinajstić information content (AvgIpc) is 3.94. The summed E-state index contributed by atoms with van der Waals surface area (Å²) >= 11 is 0. The van der Waals surface area contributed by atoms with Gasteiger partial charge in [0.05, 0.1) is 23.6 Å². The first-order chi connectivity index (χ1) is 36.3. The van der Waals surface area contributed by atoms with E-state index in [9.17, 15) is 2.74 Å². The summed E-state index contributed by atoms with van der Waals surface area (Å²) in [5.41, 5.74) is 19.1. The number of para-hydroxylation sites is 4. The largest absolute Gasteiger partial charge is 0.310 e. The zero-order chi connectivity index (χ0) is 50.1. The molecule has 2 heteroatoms. The summed E-state index contributed by atoms with van der Waals surface area (Å²) in [6, 6.07) is 85.9. The Bertz CT molecular complexity index is 3880. The van der Waals surface area contributed by atoms with Crippen molar-refractivity contribution in [3.8, 4) is 55.6 Å². The fourth-order valence-corrected chi connectivity index (χ4v) is 11.1. The van der Waals surface area contributed by atoms with E-state index in [0.717, 1.165) is 95.0 Å². The quantitative estimate of drug-likeness (QED) is 0.142. The van der Waals surface area contributed by atoms with Gasteiger partial charge in [0.1, 0.15) is 0 Å². The van der Waals surface area contributed by atoms with Gasteiger partial charge in [-0.15, -0.1) is 0 Å². The van der Waals surface area contributed by atoms with Crippen LogP contribution in [0.4, 0.5) is 34.1 Å². The summed E-state index contributed by atoms with van der Waals surface area (Å²) in [4.78, 5) is 4.29. The summed E-state index contributed by atoms with van der Waals surface area (Å²) in [5, 5.41) is 0. The van der Waals surface area contributed by atoms with Gasteiger partial charge in [-0.3, -0.25) is 0 Å². The van der Waals surface area contributed by atoms with Crippen molar-refractivity contribution in [1.29, 1.82) is 0 Å². The van der Waals surface area contributed by atoms with Gasteiger partial charge in [-0.25, -0.2) is 0 Å². The fourth-order valence-electron chi connectivity index (χ4n) is 11.1. The van der Waals surface area contributed by atoms with Crippen LogP contribution in [-0.2, 0) is 5.41 Å². The molecule has 0 bridgehead atoms. The normalized spacial score (nSPS) is 14.9. The van der Waals surface area contributed by atoms with Gasteiger partial charge in [0.2, 0.25) is 0 Å². The lowest BCUT2D eigenvalue weighted by atomic mass is 9.70. The lowest BCUT2D eigenvalue weighted by Gasteiger charge is -2.35. The van der Waals surface area contributed by atoms with Crippen LogP contribution in [0, 0.1) is 0 Å². The van der Waals surface area contributed by atoms with Gasteiger partial charge in [0.25, 0.3) is 0 Å². The van der Waals surface area contributed by atoms with E-state index in [1.807, 2.05) is 41.3 Å². The summed E-state index contributed by atoms with van der Waals surface area (Å²) in [6.07, 6.45) is 0. The Labute approximate surface area is 411 Å². The van der Waals surface area contributed by atoms with E-state index in [4.69, 9.17) is 4.11 Å². The number of nitrogens with zero attached hydrogens (tertiary/aromatic N) is 2. The summed E-state index contributed by atoms with van der Waals surface area (Å²) in [5.74, 6) is 0. The molecule has 11 aromatic rings. The Hall–Kier alpha value is -8.98. The summed E-state index contributed by atoms with van der Waals surface area (Å²) < 4.78 is 44.6. The second-order valence-electron chi connectivity index (χ2n) is 17.6. The Morgan fingerprint density at radius 3 is 1.22 bits per heavy atom. The van der Waals surface area contributed by atoms with Gasteiger partial charge in [0.15, 0.2) is 0 Å². The van der Waals surface area contributed by atoms with Crippen molar-refractivity contribution in [2.45, 2.75) is 5.41 Å². The van der Waals surface area contributed by atoms with E-state index >= 15 is 0 Å². The molecule has 0 fully saturated rings. The van der Waals surface area contributed by atoms with E-state index in [2.05, 4.69) is 217 Å². The molecule has 1 atom stereocenters. The van der Waals surface area contributed by atoms with Crippen LogP contribution in [0.5, 0.6) is 0 Å². The number of anilines is 6. The SMILES string of the molecule is [2H]c1c([2H])c([2H])c(N(c2ccccc2)c2ccc3c(c2)C2(c4ccccc4-3)c3ccccc3-c3ccc(N(c4ccccc4-c4ccccc4)c4c(-c5ccccc5)cccc4-c4ccccc4)cc32)c([2H])c1[2H]. The van der Waals surface area contributed by atoms with Gasteiger partial charge >= 0.3 is 0 Å². The van der Waals surface area contributed by atoms with E-state index in [1.165, 1.54) is 0 Å². The van der Waals surface area contributed by atoms with Crippen molar-refractivity contribution in [3.05, 3.63) is 301 Å². The molecule has 2 aliphatic carbocycles. The molecule has 13 rings (SSSR count). The van der Waals surface area contributed by atoms with Crippen molar-refractivity contribution in [2.24, 2.45) is 0 Å². The van der Waals surface area contributed by atoms with Crippen molar-refractivity contribution >= 4 is 34.1 Å². The maximum Gasteiger partial charge on any atom is 0.0727 e. The predicted octanol–water partition coefficient (Wildman–Crippen LogP) is 18.0. The minimum Gasteiger partial charge on any atom is -0.310 e. The molecule has 0 saturated carbocycles. The van der Waals surface area contributed by atoms with Crippen LogP contribution in [0.3, 0.4) is 0 Å². The molecule has 11 aromatic carbocycles. The van der Waals surface area contributed by atoms with Crippen LogP contribution in [-0.4, -0.2) is 0 Å². The molecule has 0 amide bonds. The topological polar surface area (TPSA) is 6.48 Å². The molecular formula is C67H46N2. The van der Waals surface area contributed by atoms with Crippen LogP contribution < -0.4 is 9.80 Å². The molecule has 2 nitrogen and oxygen atoms in total. The molecular weight excluding hydrogens is 833 g/mol. The van der Waals surface area contributed by atoms with Crippen molar-refractivity contribution < 1.29 is 6.85 Å². The molecule has 0 heterocycles. The van der Waals surface area contributed by atoms with E-state index in [-0.39, 0.29) is 29.9 Å². The summed E-state index contributed by atoms with van der Waals surface area (Å²) in [7, 11) is 0. The molecule has 0 N–H and O–H groups in total. The second kappa shape index (κ2) is 16.7. The third-order valence-corrected chi connectivity index (χ3v) is 14.0. The molecule has 1 spiro atoms. The summed E-state index contributed by atoms with van der Waals surface area (Å²) in [6.45, 7) is 0. The molecule has 324 valence electrons. The molecule has 0 aliphatic heterocycles. The number of fused-ring (bicyclic) bond motifs is 10. The van der Waals surface area contributed by atoms with Gasteiger partial charge in [-0.2, -0.15) is 0 Å². The van der Waals surface area contributed by atoms with Gasteiger partial charge in [-0.1, -0.05) is 224 Å². The van der Waals surface area contributed by atoms with Crippen LogP contribution >= 0.6 is 0 Å². The van der Waals surface area contributed by atoms with Crippen LogP contribution in [0.25, 0.3) is 55.6 Å². The first-order valence-electron chi connectivity index (χ1n) is 25.9. The molecule has 1 unspecified atom stereocenters. The van der Waals surface area contributed by atoms with E-state index in [0.29, 0.717) is 11.4 Å². The highest BCUT2D eigenvalue weighted by Gasteiger charge is 2.52. The van der Waals surface area contributed by atoms with Crippen LogP contribution in [0.2, 0.25) is 0 Å². The van der Waals surface area contributed by atoms with Crippen molar-refractivity contribution in [2.75, 3.05) is 9.80 Å². The number of hydrogen-bond donors (Lipinski definition) is 0. The molecule has 0 aromatic heterocycles. The third kappa shape index (κ3) is 6.48. The fraction of sp³-hybridized carbons (Fsp3) is 0.0149. The Balaban J connectivity index is 1.12. The van der Waals surface area contributed by atoms with Gasteiger partial charge in [-0.05, 0) is 116 Å². The van der Waals surface area contributed by atoms with Gasteiger partial charge < -0.3 is 9.80 Å². The Kier molecular flexibility index (Phi) is 8.54. The highest BCUT2D eigenvalue weighted by molar-refractivity contribution is 6.02. The van der Waals surface area contributed by atoms with E-state index in [1.54, 1.807) is 0 Å². The first kappa shape index (κ1) is 35.2. The van der Waals surface area contributed by atoms with Crippen molar-refractivity contribution in [3.63, 3.8) is 0 Å². The second-order valence-corrected chi connectivity index (χ2v) is 17.6. The molecule has 2 aliphatic rings. The first-order valence-corrected chi connectivity index (χ1v) is 23.4. The maximum absolute atomic E-state index is 9.27. The Morgan fingerprint density at radius 1 is 0.275 bits per heavy atom. The minimum atomic E-state index is -0.835. The van der Waals surface area contributed by atoms with E-state index < -0.39 is 11.5 Å². The smallest absolute Gasteiger partial charge is 0.0727 e. The van der Waals surface area contributed by atoms with Gasteiger partial charge in [0, 0.05) is 39.4 Å². The molecule has 0 saturated heterocycles. The molecule has 0 radical (unpaired) electrons. The predicted molar refractivity (Wildman–Crippen MR) is 288 cm³/mol. The highest BCUT2D eigenvalue weighted by atomic mass is 15.2. The van der Waals surface area contributed by atoms with Crippen LogP contribution in [0.15, 0.2) is 279 Å². The minimum absolute atomic E-state index is 0.0836. The average molecular weight is 884 g/mol. The number of benzene rings is 11. The lowest BCUT2D eigenvalue weighted by molar-refractivity contribution is 0.793. The standard InChI is InChI=1S/C67H46N2/c1-6-23-47(24-7-1)54-33-18-21-40-65(54)69(66-55(48-25-8-2-9-26-48)36-22-37-56(66)49-27-10-3-11-28-49)53-42-44-60-58-35-17-20-39-62(58)67(64(60)46-53)61-38-19-16-34-57(61)59-43-41-52(45-63(59)67)68(50-29-12-4-13-30-50)51-31-14-5-15-32-51/h1-46H/i4D,12D,13D,29D,30D. The Morgan fingerprint density at radius 2 is 0.681 bits per heavy atom. The number of hydrogen-bond acceptors (Lipinski definition) is 2. The van der Waals surface area contributed by atoms with Crippen LogP contribution in [0.1, 0.15) is 29.1 Å². The third-order valence-electron chi connectivity index (χ3n) is 14.0. The monoisotopic (exact) mass is 883 g/mol. The lowest BCUT2D eigenvalue weighted by Crippen LogP contribution is -2.26. The molecule has 69 heavy (non-hydrogen) atoms. The van der Waals surface area contributed by atoms with Crippen molar-refractivity contribution in [1.82, 2.24) is 0 Å². The zero-order valence-electron chi connectivity index (χ0n) is 42.6. The maximum atomic E-state index is 9.27. The highest BCUT2D eigenvalue weighted by Crippen LogP contribution is 2.64. The number of rotatable bonds is 9.